The van der Waals surface area contributed by atoms with Crippen molar-refractivity contribution in [3.05, 3.63) is 0 Å². The van der Waals surface area contributed by atoms with E-state index in [0.717, 1.165) is 56.4 Å². The molecule has 1 aliphatic heterocycles. The molecule has 4 aliphatic carbocycles. The predicted octanol–water partition coefficient (Wildman–Crippen LogP) is 2.02. The van der Waals surface area contributed by atoms with Gasteiger partial charge in [0.05, 0.1) is 0 Å². The highest BCUT2D eigenvalue weighted by atomic mass is 35.5. The third kappa shape index (κ3) is 4.28. The van der Waals surface area contributed by atoms with E-state index in [1.54, 1.807) is 0 Å². The highest BCUT2D eigenvalue weighted by molar-refractivity contribution is 5.85. The molecular weight excluding hydrogens is 352 g/mol. The molecule has 4 N–H and O–H groups in total. The second-order valence-electron chi connectivity index (χ2n) is 9.07. The number of nitrogens with zero attached hydrogens (tertiary/aromatic N) is 1. The van der Waals surface area contributed by atoms with E-state index in [2.05, 4.69) is 10.6 Å². The molecule has 3 amide bonds. The summed E-state index contributed by atoms with van der Waals surface area (Å²) in [7, 11) is 0. The highest BCUT2D eigenvalue weighted by Gasteiger charge is 2.51. The molecule has 0 aromatic carbocycles. The lowest BCUT2D eigenvalue weighted by atomic mass is 9.53. The van der Waals surface area contributed by atoms with E-state index in [1.165, 1.54) is 19.3 Å². The first-order chi connectivity index (χ1) is 12.0. The molecule has 0 aromatic heterocycles. The SMILES string of the molecule is Cl.NC1CCCN(C(=O)CCNC(=O)NC23CC4CC(CC(C4)C2)C3)C1. The average Bonchev–Trinajstić information content (AvgIpc) is 2.52. The summed E-state index contributed by atoms with van der Waals surface area (Å²) >= 11 is 0. The number of hydrogen-bond acceptors (Lipinski definition) is 3. The number of carbonyl (C=O) groups is 2. The van der Waals surface area contributed by atoms with Crippen LogP contribution >= 0.6 is 12.4 Å². The number of rotatable bonds is 4. The van der Waals surface area contributed by atoms with Gasteiger partial charge in [-0.05, 0) is 69.1 Å². The molecule has 26 heavy (non-hydrogen) atoms. The molecular formula is C19H33ClN4O2. The van der Waals surface area contributed by atoms with Crippen LogP contribution in [-0.2, 0) is 4.79 Å². The molecule has 1 heterocycles. The smallest absolute Gasteiger partial charge is 0.315 e. The minimum Gasteiger partial charge on any atom is -0.341 e. The summed E-state index contributed by atoms with van der Waals surface area (Å²) in [4.78, 5) is 26.4. The van der Waals surface area contributed by atoms with Crippen molar-refractivity contribution in [2.45, 2.75) is 69.4 Å². The van der Waals surface area contributed by atoms with E-state index < -0.39 is 0 Å². The first-order valence-corrected chi connectivity index (χ1v) is 10.1. The van der Waals surface area contributed by atoms with Crippen molar-refractivity contribution in [1.82, 2.24) is 15.5 Å². The lowest BCUT2D eigenvalue weighted by Gasteiger charge is -2.56. The van der Waals surface area contributed by atoms with Gasteiger partial charge >= 0.3 is 6.03 Å². The molecule has 5 fully saturated rings. The number of nitrogens with two attached hydrogens (primary N) is 1. The Morgan fingerprint density at radius 1 is 1.08 bits per heavy atom. The van der Waals surface area contributed by atoms with Crippen LogP contribution in [-0.4, -0.2) is 48.1 Å². The number of urea groups is 1. The molecule has 148 valence electrons. The first-order valence-electron chi connectivity index (χ1n) is 10.1. The molecule has 6 nitrogen and oxygen atoms in total. The van der Waals surface area contributed by atoms with Crippen LogP contribution < -0.4 is 16.4 Å². The minimum absolute atomic E-state index is 0. The fourth-order valence-corrected chi connectivity index (χ4v) is 6.23. The van der Waals surface area contributed by atoms with Gasteiger partial charge in [-0.2, -0.15) is 0 Å². The number of nitrogens with one attached hydrogen (secondary N) is 2. The molecule has 1 atom stereocenters. The van der Waals surface area contributed by atoms with Crippen molar-refractivity contribution in [3.63, 3.8) is 0 Å². The number of hydrogen-bond donors (Lipinski definition) is 3. The minimum atomic E-state index is -0.0925. The fourth-order valence-electron chi connectivity index (χ4n) is 6.23. The zero-order chi connectivity index (χ0) is 17.4. The Bertz CT molecular complexity index is 506. The van der Waals surface area contributed by atoms with Gasteiger partial charge in [0.15, 0.2) is 0 Å². The molecule has 0 spiro atoms. The van der Waals surface area contributed by atoms with Crippen molar-refractivity contribution in [2.75, 3.05) is 19.6 Å². The van der Waals surface area contributed by atoms with Gasteiger partial charge in [0, 0.05) is 37.6 Å². The predicted molar refractivity (Wildman–Crippen MR) is 103 cm³/mol. The summed E-state index contributed by atoms with van der Waals surface area (Å²) in [6.07, 6.45) is 9.90. The third-order valence-corrected chi connectivity index (χ3v) is 6.85. The Kier molecular flexibility index (Phi) is 6.02. The van der Waals surface area contributed by atoms with Crippen molar-refractivity contribution in [3.8, 4) is 0 Å². The van der Waals surface area contributed by atoms with Gasteiger partial charge in [0.1, 0.15) is 0 Å². The Morgan fingerprint density at radius 3 is 2.27 bits per heavy atom. The van der Waals surface area contributed by atoms with Gasteiger partial charge in [-0.3, -0.25) is 4.79 Å². The van der Waals surface area contributed by atoms with E-state index in [9.17, 15) is 9.59 Å². The van der Waals surface area contributed by atoms with E-state index in [1.807, 2.05) is 4.90 Å². The van der Waals surface area contributed by atoms with Crippen LogP contribution in [0.5, 0.6) is 0 Å². The van der Waals surface area contributed by atoms with Crippen LogP contribution in [0.3, 0.4) is 0 Å². The maximum atomic E-state index is 12.4. The molecule has 7 heteroatoms. The summed E-state index contributed by atoms with van der Waals surface area (Å²) in [6.45, 7) is 1.85. The van der Waals surface area contributed by atoms with Crippen molar-refractivity contribution >= 4 is 24.3 Å². The Hall–Kier alpha value is -1.01. The Morgan fingerprint density at radius 2 is 1.69 bits per heavy atom. The van der Waals surface area contributed by atoms with Gasteiger partial charge in [-0.1, -0.05) is 0 Å². The van der Waals surface area contributed by atoms with Gasteiger partial charge in [-0.25, -0.2) is 4.79 Å². The number of likely N-dealkylation sites (tertiary alicyclic amines) is 1. The van der Waals surface area contributed by atoms with Crippen molar-refractivity contribution in [2.24, 2.45) is 23.5 Å². The van der Waals surface area contributed by atoms with Crippen molar-refractivity contribution < 1.29 is 9.59 Å². The summed E-state index contributed by atoms with van der Waals surface area (Å²) in [5, 5.41) is 6.20. The van der Waals surface area contributed by atoms with E-state index in [-0.39, 0.29) is 35.9 Å². The van der Waals surface area contributed by atoms with Crippen LogP contribution in [0, 0.1) is 17.8 Å². The summed E-state index contributed by atoms with van der Waals surface area (Å²) in [6, 6.07) is 0.00939. The summed E-state index contributed by atoms with van der Waals surface area (Å²) in [5.41, 5.74) is 5.96. The molecule has 0 radical (unpaired) electrons. The third-order valence-electron chi connectivity index (χ3n) is 6.85. The largest absolute Gasteiger partial charge is 0.341 e. The summed E-state index contributed by atoms with van der Waals surface area (Å²) < 4.78 is 0. The maximum Gasteiger partial charge on any atom is 0.315 e. The lowest BCUT2D eigenvalue weighted by Crippen LogP contribution is -2.61. The van der Waals surface area contributed by atoms with Crippen LogP contribution in [0.4, 0.5) is 4.79 Å². The first kappa shape index (κ1) is 19.7. The van der Waals surface area contributed by atoms with Gasteiger partial charge in [0.2, 0.25) is 5.91 Å². The number of amides is 3. The van der Waals surface area contributed by atoms with E-state index in [0.29, 0.717) is 19.5 Å². The summed E-state index contributed by atoms with van der Waals surface area (Å²) in [5.74, 6) is 2.55. The monoisotopic (exact) mass is 384 g/mol. The fraction of sp³-hybridized carbons (Fsp3) is 0.895. The molecule has 5 aliphatic rings. The quantitative estimate of drug-likeness (QED) is 0.692. The van der Waals surface area contributed by atoms with Crippen LogP contribution in [0.25, 0.3) is 0 Å². The average molecular weight is 385 g/mol. The molecule has 4 saturated carbocycles. The molecule has 1 saturated heterocycles. The van der Waals surface area contributed by atoms with Gasteiger partial charge in [-0.15, -0.1) is 12.4 Å². The normalized spacial score (nSPS) is 37.8. The molecule has 5 rings (SSSR count). The molecule has 0 aromatic rings. The standard InChI is InChI=1S/C19H32N4O2.ClH/c20-16-2-1-5-23(12-16)17(24)3-4-21-18(25)22-19-9-13-6-14(10-19)8-15(7-13)11-19;/h13-16H,1-12,20H2,(H2,21,22,25);1H. The Labute approximate surface area is 162 Å². The second kappa shape index (κ2) is 7.93. The molecule has 4 bridgehead atoms. The second-order valence-corrected chi connectivity index (χ2v) is 9.07. The molecule has 1 unspecified atom stereocenters. The number of piperidine rings is 1. The zero-order valence-corrected chi connectivity index (χ0v) is 16.4. The Balaban J connectivity index is 0.00000196. The number of halogens is 1. The van der Waals surface area contributed by atoms with Crippen LogP contribution in [0.1, 0.15) is 57.8 Å². The zero-order valence-electron chi connectivity index (χ0n) is 15.5. The topological polar surface area (TPSA) is 87.5 Å². The van der Waals surface area contributed by atoms with E-state index in [4.69, 9.17) is 5.73 Å². The van der Waals surface area contributed by atoms with Gasteiger partial charge < -0.3 is 21.3 Å². The van der Waals surface area contributed by atoms with Crippen molar-refractivity contribution in [1.29, 1.82) is 0 Å². The lowest BCUT2D eigenvalue weighted by molar-refractivity contribution is -0.132. The van der Waals surface area contributed by atoms with Crippen LogP contribution in [0.2, 0.25) is 0 Å². The number of carbonyl (C=O) groups excluding carboxylic acids is 2. The van der Waals surface area contributed by atoms with E-state index >= 15 is 0 Å². The maximum absolute atomic E-state index is 12.4. The van der Waals surface area contributed by atoms with Gasteiger partial charge in [0.25, 0.3) is 0 Å². The highest BCUT2D eigenvalue weighted by Crippen LogP contribution is 2.55. The van der Waals surface area contributed by atoms with Crippen LogP contribution in [0.15, 0.2) is 0 Å².